The summed E-state index contributed by atoms with van der Waals surface area (Å²) in [6.45, 7) is 6.21. The largest absolute Gasteiger partial charge is 0.459 e. The van der Waals surface area contributed by atoms with E-state index in [0.717, 1.165) is 22.4 Å². The molecule has 0 atom stereocenters. The van der Waals surface area contributed by atoms with E-state index in [1.807, 2.05) is 81.4 Å². The van der Waals surface area contributed by atoms with Gasteiger partial charge < -0.3 is 20.7 Å². The second kappa shape index (κ2) is 10.3. The lowest BCUT2D eigenvalue weighted by atomic mass is 10.00. The monoisotopic (exact) mass is 489 g/mol. The topological polar surface area (TPSA) is 79.5 Å². The molecule has 3 aromatic rings. The maximum absolute atomic E-state index is 13.0. The molecular weight excluding hydrogens is 462 g/mol. The molecule has 0 saturated carbocycles. The summed E-state index contributed by atoms with van der Waals surface area (Å²) < 4.78 is 5.31. The van der Waals surface area contributed by atoms with Crippen molar-refractivity contribution in [2.45, 2.75) is 32.9 Å². The molecule has 6 nitrogen and oxygen atoms in total. The maximum Gasteiger partial charge on any atom is 0.320 e. The standard InChI is InChI=1S/C28H28ClN3O3/c1-28(2,3)35-24(33)17-30-16-18-9-12-21(13-10-18)31-26(19-7-5-4-6-8-19)25-22-14-11-20(29)15-23(22)32-27(25)34/h4-15,30-31H,16-17H2,1-3H3,(H,32,34)/b26-25-. The molecular formula is C28H28ClN3O3. The van der Waals surface area contributed by atoms with Gasteiger partial charge in [0.05, 0.1) is 23.5 Å². The smallest absolute Gasteiger partial charge is 0.320 e. The minimum absolute atomic E-state index is 0.139. The van der Waals surface area contributed by atoms with Gasteiger partial charge in [-0.25, -0.2) is 0 Å². The Bertz CT molecular complexity index is 1260. The third-order valence-corrected chi connectivity index (χ3v) is 5.52. The van der Waals surface area contributed by atoms with Gasteiger partial charge in [0.2, 0.25) is 0 Å². The molecule has 0 saturated heterocycles. The van der Waals surface area contributed by atoms with Crippen LogP contribution in [0.2, 0.25) is 5.02 Å². The van der Waals surface area contributed by atoms with Crippen LogP contribution < -0.4 is 16.0 Å². The van der Waals surface area contributed by atoms with Crippen LogP contribution in [-0.2, 0) is 20.9 Å². The van der Waals surface area contributed by atoms with Crippen LogP contribution in [-0.4, -0.2) is 24.0 Å². The fraction of sp³-hybridized carbons (Fsp3) is 0.214. The van der Waals surface area contributed by atoms with Crippen LogP contribution in [0.25, 0.3) is 11.3 Å². The van der Waals surface area contributed by atoms with E-state index in [-0.39, 0.29) is 18.4 Å². The van der Waals surface area contributed by atoms with Gasteiger partial charge >= 0.3 is 5.97 Å². The van der Waals surface area contributed by atoms with Gasteiger partial charge in [-0.2, -0.15) is 0 Å². The molecule has 3 aromatic carbocycles. The highest BCUT2D eigenvalue weighted by Gasteiger charge is 2.28. The van der Waals surface area contributed by atoms with E-state index in [0.29, 0.717) is 28.5 Å². The lowest BCUT2D eigenvalue weighted by Crippen LogP contribution is -2.31. The van der Waals surface area contributed by atoms with Crippen LogP contribution in [0.1, 0.15) is 37.5 Å². The van der Waals surface area contributed by atoms with Crippen molar-refractivity contribution in [2.24, 2.45) is 0 Å². The first-order chi connectivity index (χ1) is 16.7. The van der Waals surface area contributed by atoms with Crippen LogP contribution in [0.4, 0.5) is 11.4 Å². The fourth-order valence-electron chi connectivity index (χ4n) is 3.81. The van der Waals surface area contributed by atoms with Crippen LogP contribution >= 0.6 is 11.6 Å². The minimum atomic E-state index is -0.500. The number of hydrogen-bond donors (Lipinski definition) is 3. The number of anilines is 2. The summed E-state index contributed by atoms with van der Waals surface area (Å²) in [6.07, 6.45) is 0. The number of amides is 1. The lowest BCUT2D eigenvalue weighted by Gasteiger charge is -2.19. The van der Waals surface area contributed by atoms with Crippen molar-refractivity contribution in [3.8, 4) is 0 Å². The highest BCUT2D eigenvalue weighted by atomic mass is 35.5. The van der Waals surface area contributed by atoms with Crippen molar-refractivity contribution in [1.29, 1.82) is 0 Å². The number of nitrogens with one attached hydrogen (secondary N) is 3. The van der Waals surface area contributed by atoms with Crippen molar-refractivity contribution in [1.82, 2.24) is 5.32 Å². The van der Waals surface area contributed by atoms with Gasteiger partial charge in [0.1, 0.15) is 5.60 Å². The Labute approximate surface area is 210 Å². The summed E-state index contributed by atoms with van der Waals surface area (Å²) >= 11 is 6.13. The Morgan fingerprint density at radius 2 is 1.71 bits per heavy atom. The second-order valence-electron chi connectivity index (χ2n) is 9.27. The zero-order valence-electron chi connectivity index (χ0n) is 19.9. The van der Waals surface area contributed by atoms with Crippen LogP contribution in [0, 0.1) is 0 Å². The number of benzene rings is 3. The second-order valence-corrected chi connectivity index (χ2v) is 9.71. The Hall–Kier alpha value is -3.61. The van der Waals surface area contributed by atoms with Gasteiger partial charge in [0.25, 0.3) is 5.91 Å². The van der Waals surface area contributed by atoms with E-state index in [1.54, 1.807) is 12.1 Å². The average Bonchev–Trinajstić information content (AvgIpc) is 3.12. The van der Waals surface area contributed by atoms with Gasteiger partial charge in [-0.15, -0.1) is 0 Å². The highest BCUT2D eigenvalue weighted by Crippen LogP contribution is 2.38. The van der Waals surface area contributed by atoms with Crippen molar-refractivity contribution >= 4 is 46.1 Å². The number of esters is 1. The van der Waals surface area contributed by atoms with Gasteiger partial charge in [-0.1, -0.05) is 60.1 Å². The quantitative estimate of drug-likeness (QED) is 0.293. The molecule has 0 unspecified atom stereocenters. The Balaban J connectivity index is 1.53. The van der Waals surface area contributed by atoms with Crippen molar-refractivity contribution in [3.63, 3.8) is 0 Å². The molecule has 0 aliphatic carbocycles. The molecule has 35 heavy (non-hydrogen) atoms. The molecule has 4 rings (SSSR count). The molecule has 180 valence electrons. The molecule has 0 radical (unpaired) electrons. The van der Waals surface area contributed by atoms with E-state index in [2.05, 4.69) is 16.0 Å². The van der Waals surface area contributed by atoms with Crippen LogP contribution in [0.3, 0.4) is 0 Å². The molecule has 1 heterocycles. The Morgan fingerprint density at radius 1 is 1.00 bits per heavy atom. The number of hydrogen-bond acceptors (Lipinski definition) is 5. The number of ether oxygens (including phenoxy) is 1. The SMILES string of the molecule is CC(C)(C)OC(=O)CNCc1ccc(N/C(=C2\C(=O)Nc3cc(Cl)ccc32)c2ccccc2)cc1. The van der Waals surface area contributed by atoms with Crippen LogP contribution in [0.15, 0.2) is 72.8 Å². The van der Waals surface area contributed by atoms with Gasteiger partial charge in [0.15, 0.2) is 0 Å². The molecule has 0 bridgehead atoms. The van der Waals surface area contributed by atoms with Crippen molar-refractivity contribution < 1.29 is 14.3 Å². The third-order valence-electron chi connectivity index (χ3n) is 5.28. The molecule has 0 fully saturated rings. The summed E-state index contributed by atoms with van der Waals surface area (Å²) in [4.78, 5) is 24.8. The number of rotatable bonds is 7. The molecule has 7 heteroatoms. The van der Waals surface area contributed by atoms with E-state index in [9.17, 15) is 9.59 Å². The molecule has 0 aromatic heterocycles. The van der Waals surface area contributed by atoms with Gasteiger partial charge in [-0.05, 0) is 56.2 Å². The highest BCUT2D eigenvalue weighted by molar-refractivity contribution is 6.38. The van der Waals surface area contributed by atoms with E-state index in [1.165, 1.54) is 0 Å². The predicted octanol–water partition coefficient (Wildman–Crippen LogP) is 5.70. The zero-order valence-corrected chi connectivity index (χ0v) is 20.7. The third kappa shape index (κ3) is 6.29. The van der Waals surface area contributed by atoms with Crippen molar-refractivity contribution in [3.05, 3.63) is 94.5 Å². The lowest BCUT2D eigenvalue weighted by molar-refractivity contribution is -0.153. The summed E-state index contributed by atoms with van der Waals surface area (Å²) in [7, 11) is 0. The zero-order chi connectivity index (χ0) is 25.0. The van der Waals surface area contributed by atoms with E-state index >= 15 is 0 Å². The first kappa shape index (κ1) is 24.5. The van der Waals surface area contributed by atoms with Crippen molar-refractivity contribution in [2.75, 3.05) is 17.2 Å². The average molecular weight is 490 g/mol. The molecule has 1 aliphatic heterocycles. The molecule has 1 aliphatic rings. The minimum Gasteiger partial charge on any atom is -0.459 e. The maximum atomic E-state index is 13.0. The first-order valence-corrected chi connectivity index (χ1v) is 11.8. The van der Waals surface area contributed by atoms with Gasteiger partial charge in [-0.3, -0.25) is 9.59 Å². The predicted molar refractivity (Wildman–Crippen MR) is 141 cm³/mol. The van der Waals surface area contributed by atoms with Gasteiger partial charge in [0, 0.05) is 22.8 Å². The normalized spacial score (nSPS) is 14.2. The fourth-order valence-corrected chi connectivity index (χ4v) is 3.99. The summed E-state index contributed by atoms with van der Waals surface area (Å²) in [5.41, 5.74) is 5.01. The summed E-state index contributed by atoms with van der Waals surface area (Å²) in [6, 6.07) is 23.0. The van der Waals surface area contributed by atoms with E-state index < -0.39 is 5.60 Å². The van der Waals surface area contributed by atoms with E-state index in [4.69, 9.17) is 16.3 Å². The number of carbonyl (C=O) groups is 2. The molecule has 0 spiro atoms. The number of halogens is 1. The Morgan fingerprint density at radius 3 is 2.40 bits per heavy atom. The molecule has 3 N–H and O–H groups in total. The molecule has 1 amide bonds. The number of fused-ring (bicyclic) bond motifs is 1. The van der Waals surface area contributed by atoms with Crippen LogP contribution in [0.5, 0.6) is 0 Å². The summed E-state index contributed by atoms with van der Waals surface area (Å²) in [5.74, 6) is -0.470. The first-order valence-electron chi connectivity index (χ1n) is 11.4. The number of carbonyl (C=O) groups excluding carboxylic acids is 2. The summed E-state index contributed by atoms with van der Waals surface area (Å²) in [5, 5.41) is 10.0. The Kier molecular flexibility index (Phi) is 7.24.